The van der Waals surface area contributed by atoms with E-state index in [1.807, 2.05) is 0 Å². The zero-order chi connectivity index (χ0) is 16.0. The molecule has 4 unspecified atom stereocenters. The second-order valence-electron chi connectivity index (χ2n) is 8.68. The molecule has 23 heavy (non-hydrogen) atoms. The number of hydrogen-bond acceptors (Lipinski definition) is 3. The van der Waals surface area contributed by atoms with Gasteiger partial charge in [0.15, 0.2) is 0 Å². The standard InChI is InChI=1S/C19H33N3O/c1-13-11-21-8-3-2-7-17(21)12-22(13)19(23)16-9-14-5-4-6-15(10-16)18(14)20/h13-18H,2-12,20H2,1H3. The van der Waals surface area contributed by atoms with Crippen LogP contribution in [0.3, 0.4) is 0 Å². The molecule has 4 heteroatoms. The third-order valence-electron chi connectivity index (χ3n) is 7.23. The molecular formula is C19H33N3O. The van der Waals surface area contributed by atoms with Gasteiger partial charge in [0.1, 0.15) is 0 Å². The number of carbonyl (C=O) groups is 1. The molecule has 2 aliphatic carbocycles. The molecule has 2 bridgehead atoms. The van der Waals surface area contributed by atoms with Crippen molar-refractivity contribution >= 4 is 5.91 Å². The van der Waals surface area contributed by atoms with E-state index in [0.29, 0.717) is 35.9 Å². The first-order valence-corrected chi connectivity index (χ1v) is 9.93. The second kappa shape index (κ2) is 6.36. The molecule has 4 nitrogen and oxygen atoms in total. The van der Waals surface area contributed by atoms with Gasteiger partial charge in [-0.1, -0.05) is 12.8 Å². The Morgan fingerprint density at radius 2 is 1.74 bits per heavy atom. The SMILES string of the molecule is CC1CN2CCCCC2CN1C(=O)C1CC2CCCC(C1)C2N. The number of amides is 1. The van der Waals surface area contributed by atoms with Gasteiger partial charge < -0.3 is 10.6 Å². The molecule has 0 radical (unpaired) electrons. The Bertz CT molecular complexity index is 440. The summed E-state index contributed by atoms with van der Waals surface area (Å²) in [6.07, 6.45) is 9.85. The molecule has 4 atom stereocenters. The smallest absolute Gasteiger partial charge is 0.226 e. The molecule has 4 rings (SSSR count). The number of nitrogens with zero attached hydrogens (tertiary/aromatic N) is 2. The van der Waals surface area contributed by atoms with Crippen molar-refractivity contribution in [1.82, 2.24) is 9.80 Å². The summed E-state index contributed by atoms with van der Waals surface area (Å²) in [5.41, 5.74) is 6.41. The van der Waals surface area contributed by atoms with Crippen molar-refractivity contribution in [3.63, 3.8) is 0 Å². The Labute approximate surface area is 140 Å². The number of rotatable bonds is 1. The molecule has 1 amide bonds. The molecule has 0 aromatic rings. The third-order valence-corrected chi connectivity index (χ3v) is 7.23. The highest BCUT2D eigenvalue weighted by atomic mass is 16.2. The summed E-state index contributed by atoms with van der Waals surface area (Å²) >= 11 is 0. The molecule has 2 saturated heterocycles. The molecule has 0 aromatic carbocycles. The van der Waals surface area contributed by atoms with Crippen LogP contribution in [-0.4, -0.2) is 53.5 Å². The van der Waals surface area contributed by atoms with Crippen LogP contribution >= 0.6 is 0 Å². The molecule has 2 saturated carbocycles. The Balaban J connectivity index is 1.44. The minimum absolute atomic E-state index is 0.252. The van der Waals surface area contributed by atoms with Gasteiger partial charge in [0.05, 0.1) is 0 Å². The van der Waals surface area contributed by atoms with Crippen LogP contribution in [0.2, 0.25) is 0 Å². The van der Waals surface area contributed by atoms with Gasteiger partial charge in [0.2, 0.25) is 5.91 Å². The highest BCUT2D eigenvalue weighted by Crippen LogP contribution is 2.42. The maximum atomic E-state index is 13.2. The average molecular weight is 319 g/mol. The molecule has 0 spiro atoms. The van der Waals surface area contributed by atoms with Crippen LogP contribution in [0.15, 0.2) is 0 Å². The molecule has 130 valence electrons. The molecule has 4 aliphatic rings. The largest absolute Gasteiger partial charge is 0.337 e. The molecule has 4 fully saturated rings. The number of hydrogen-bond donors (Lipinski definition) is 1. The number of fused-ring (bicyclic) bond motifs is 3. The van der Waals surface area contributed by atoms with Gasteiger partial charge in [-0.15, -0.1) is 0 Å². The van der Waals surface area contributed by atoms with E-state index in [4.69, 9.17) is 5.73 Å². The van der Waals surface area contributed by atoms with E-state index in [-0.39, 0.29) is 5.92 Å². The van der Waals surface area contributed by atoms with Gasteiger partial charge >= 0.3 is 0 Å². The zero-order valence-corrected chi connectivity index (χ0v) is 14.6. The van der Waals surface area contributed by atoms with Crippen LogP contribution in [0, 0.1) is 17.8 Å². The minimum Gasteiger partial charge on any atom is -0.337 e. The van der Waals surface area contributed by atoms with Gasteiger partial charge in [0.25, 0.3) is 0 Å². The maximum Gasteiger partial charge on any atom is 0.226 e. The minimum atomic E-state index is 0.252. The average Bonchev–Trinajstić information content (AvgIpc) is 2.53. The molecular weight excluding hydrogens is 286 g/mol. The predicted octanol–water partition coefficient (Wildman–Crippen LogP) is 2.23. The lowest BCUT2D eigenvalue weighted by molar-refractivity contribution is -0.145. The Morgan fingerprint density at radius 3 is 2.48 bits per heavy atom. The lowest BCUT2D eigenvalue weighted by Gasteiger charge is -2.50. The fourth-order valence-electron chi connectivity index (χ4n) is 5.88. The van der Waals surface area contributed by atoms with E-state index in [1.54, 1.807) is 0 Å². The van der Waals surface area contributed by atoms with E-state index in [0.717, 1.165) is 25.9 Å². The zero-order valence-electron chi connectivity index (χ0n) is 14.6. The first-order valence-electron chi connectivity index (χ1n) is 9.93. The highest BCUT2D eigenvalue weighted by Gasteiger charge is 2.44. The Hall–Kier alpha value is -0.610. The van der Waals surface area contributed by atoms with E-state index in [2.05, 4.69) is 16.7 Å². The van der Waals surface area contributed by atoms with Crippen LogP contribution in [0.5, 0.6) is 0 Å². The van der Waals surface area contributed by atoms with E-state index in [9.17, 15) is 4.79 Å². The molecule has 2 N–H and O–H groups in total. The molecule has 2 aliphatic heterocycles. The first kappa shape index (κ1) is 15.9. The van der Waals surface area contributed by atoms with Crippen molar-refractivity contribution in [3.8, 4) is 0 Å². The predicted molar refractivity (Wildman–Crippen MR) is 91.9 cm³/mol. The lowest BCUT2D eigenvalue weighted by atomic mass is 9.65. The normalized spacial score (nSPS) is 44.7. The van der Waals surface area contributed by atoms with Gasteiger partial charge in [-0.05, 0) is 63.8 Å². The highest BCUT2D eigenvalue weighted by molar-refractivity contribution is 5.79. The number of piperidine rings is 1. The van der Waals surface area contributed by atoms with Crippen LogP contribution in [0.4, 0.5) is 0 Å². The summed E-state index contributed by atoms with van der Waals surface area (Å²) < 4.78 is 0. The van der Waals surface area contributed by atoms with E-state index in [1.165, 1.54) is 45.1 Å². The summed E-state index contributed by atoms with van der Waals surface area (Å²) in [5, 5.41) is 0. The van der Waals surface area contributed by atoms with Crippen molar-refractivity contribution in [2.24, 2.45) is 23.5 Å². The summed E-state index contributed by atoms with van der Waals surface area (Å²) in [6.45, 7) is 5.53. The fraction of sp³-hybridized carbons (Fsp3) is 0.947. The van der Waals surface area contributed by atoms with Crippen LogP contribution in [0.1, 0.15) is 58.3 Å². The quantitative estimate of drug-likeness (QED) is 0.806. The van der Waals surface area contributed by atoms with Crippen LogP contribution in [0.25, 0.3) is 0 Å². The summed E-state index contributed by atoms with van der Waals surface area (Å²) in [4.78, 5) is 18.1. The van der Waals surface area contributed by atoms with Crippen LogP contribution in [-0.2, 0) is 4.79 Å². The Kier molecular flexibility index (Phi) is 4.39. The maximum absolute atomic E-state index is 13.2. The Morgan fingerprint density at radius 1 is 1.00 bits per heavy atom. The topological polar surface area (TPSA) is 49.6 Å². The van der Waals surface area contributed by atoms with Gasteiger partial charge in [-0.25, -0.2) is 0 Å². The summed E-state index contributed by atoms with van der Waals surface area (Å²) in [7, 11) is 0. The molecule has 2 heterocycles. The van der Waals surface area contributed by atoms with Crippen molar-refractivity contribution in [2.75, 3.05) is 19.6 Å². The van der Waals surface area contributed by atoms with Crippen LogP contribution < -0.4 is 5.73 Å². The monoisotopic (exact) mass is 319 g/mol. The van der Waals surface area contributed by atoms with E-state index >= 15 is 0 Å². The lowest BCUT2D eigenvalue weighted by Crippen LogP contribution is -2.61. The van der Waals surface area contributed by atoms with Crippen molar-refractivity contribution in [2.45, 2.75) is 76.4 Å². The third kappa shape index (κ3) is 2.93. The first-order chi connectivity index (χ1) is 11.1. The number of carbonyl (C=O) groups excluding carboxylic acids is 1. The van der Waals surface area contributed by atoms with Gasteiger partial charge in [-0.2, -0.15) is 0 Å². The van der Waals surface area contributed by atoms with Crippen molar-refractivity contribution in [1.29, 1.82) is 0 Å². The summed E-state index contributed by atoms with van der Waals surface area (Å²) in [5.74, 6) is 1.90. The van der Waals surface area contributed by atoms with Crippen molar-refractivity contribution < 1.29 is 4.79 Å². The summed E-state index contributed by atoms with van der Waals surface area (Å²) in [6, 6.07) is 1.36. The van der Waals surface area contributed by atoms with E-state index < -0.39 is 0 Å². The van der Waals surface area contributed by atoms with Gasteiger partial charge in [0, 0.05) is 37.1 Å². The fourth-order valence-corrected chi connectivity index (χ4v) is 5.88. The van der Waals surface area contributed by atoms with Crippen molar-refractivity contribution in [3.05, 3.63) is 0 Å². The number of nitrogens with two attached hydrogens (primary N) is 1. The number of piperazine rings is 1. The van der Waals surface area contributed by atoms with Gasteiger partial charge in [-0.3, -0.25) is 9.69 Å². The second-order valence-corrected chi connectivity index (χ2v) is 8.68. The molecule has 0 aromatic heterocycles.